The number of hydrogen-bond donors (Lipinski definition) is 1. The van der Waals surface area contributed by atoms with Gasteiger partial charge in [0.25, 0.3) is 0 Å². The highest BCUT2D eigenvalue weighted by molar-refractivity contribution is 5.88. The second-order valence-electron chi connectivity index (χ2n) is 7.17. The highest BCUT2D eigenvalue weighted by Gasteiger charge is 2.33. The number of aromatic nitrogens is 2. The first kappa shape index (κ1) is 20.9. The second kappa shape index (κ2) is 9.56. The third-order valence-corrected chi connectivity index (χ3v) is 5.32. The molecule has 0 bridgehead atoms. The molecule has 1 aliphatic heterocycles. The highest BCUT2D eigenvalue weighted by Crippen LogP contribution is 2.22. The number of amides is 2. The lowest BCUT2D eigenvalue weighted by Gasteiger charge is -2.35. The summed E-state index contributed by atoms with van der Waals surface area (Å²) in [6.07, 6.45) is 3.77. The fourth-order valence-electron chi connectivity index (χ4n) is 3.63. The predicted molar refractivity (Wildman–Crippen MR) is 109 cm³/mol. The molecule has 1 fully saturated rings. The van der Waals surface area contributed by atoms with Crippen LogP contribution in [0.1, 0.15) is 24.7 Å². The maximum Gasteiger partial charge on any atom is 0.237 e. The van der Waals surface area contributed by atoms with Gasteiger partial charge in [-0.25, -0.2) is 4.98 Å². The van der Waals surface area contributed by atoms with Crippen LogP contribution in [-0.4, -0.2) is 64.5 Å². The standard InChI is InChI=1S/C21H29N5O3/c1-4-25-11-9-22-19(25)15-24(2)20(27)13-17-21(28)23-10-12-26(17)14-16-7-5-6-8-18(16)29-3/h5-9,11,17H,4,10,12-15H2,1-3H3,(H,23,28). The first-order chi connectivity index (χ1) is 14.0. The summed E-state index contributed by atoms with van der Waals surface area (Å²) in [6, 6.07) is 7.26. The molecule has 0 radical (unpaired) electrons. The molecule has 2 heterocycles. The van der Waals surface area contributed by atoms with Crippen LogP contribution < -0.4 is 10.1 Å². The van der Waals surface area contributed by atoms with E-state index >= 15 is 0 Å². The maximum absolute atomic E-state index is 12.9. The van der Waals surface area contributed by atoms with Crippen molar-refractivity contribution in [1.82, 2.24) is 24.7 Å². The largest absolute Gasteiger partial charge is 0.496 e. The lowest BCUT2D eigenvalue weighted by molar-refractivity contribution is -0.138. The van der Waals surface area contributed by atoms with Gasteiger partial charge in [0.05, 0.1) is 26.1 Å². The number of hydrogen-bond acceptors (Lipinski definition) is 5. The number of ether oxygens (including phenoxy) is 1. The molecule has 0 spiro atoms. The van der Waals surface area contributed by atoms with E-state index in [-0.39, 0.29) is 18.2 Å². The fourth-order valence-corrected chi connectivity index (χ4v) is 3.63. The molecule has 8 nitrogen and oxygen atoms in total. The van der Waals surface area contributed by atoms with Crippen LogP contribution in [0, 0.1) is 0 Å². The summed E-state index contributed by atoms with van der Waals surface area (Å²) >= 11 is 0. The van der Waals surface area contributed by atoms with E-state index in [0.717, 1.165) is 23.7 Å². The summed E-state index contributed by atoms with van der Waals surface area (Å²) < 4.78 is 7.44. The van der Waals surface area contributed by atoms with Gasteiger partial charge in [-0.3, -0.25) is 14.5 Å². The Kier molecular flexibility index (Phi) is 6.87. The van der Waals surface area contributed by atoms with E-state index in [9.17, 15) is 9.59 Å². The van der Waals surface area contributed by atoms with Crippen molar-refractivity contribution in [2.75, 3.05) is 27.2 Å². The molecule has 1 unspecified atom stereocenters. The molecule has 29 heavy (non-hydrogen) atoms. The molecule has 2 amide bonds. The van der Waals surface area contributed by atoms with Gasteiger partial charge in [0.2, 0.25) is 11.8 Å². The number of imidazole rings is 1. The molecule has 1 atom stereocenters. The summed E-state index contributed by atoms with van der Waals surface area (Å²) in [7, 11) is 3.39. The molecule has 1 N–H and O–H groups in total. The molecule has 0 saturated carbocycles. The topological polar surface area (TPSA) is 79.7 Å². The van der Waals surface area contributed by atoms with Gasteiger partial charge in [0.1, 0.15) is 11.6 Å². The number of para-hydroxylation sites is 1. The average molecular weight is 399 g/mol. The second-order valence-corrected chi connectivity index (χ2v) is 7.17. The van der Waals surface area contributed by atoms with E-state index in [1.165, 1.54) is 0 Å². The van der Waals surface area contributed by atoms with Crippen molar-refractivity contribution in [2.45, 2.75) is 39.0 Å². The van der Waals surface area contributed by atoms with Crippen LogP contribution in [0.25, 0.3) is 0 Å². The molecule has 1 aliphatic rings. The van der Waals surface area contributed by atoms with Crippen molar-refractivity contribution in [3.05, 3.63) is 48.0 Å². The Morgan fingerprint density at radius 1 is 1.38 bits per heavy atom. The van der Waals surface area contributed by atoms with E-state index in [1.54, 1.807) is 25.3 Å². The van der Waals surface area contributed by atoms with E-state index in [2.05, 4.69) is 15.2 Å². The van der Waals surface area contributed by atoms with E-state index in [4.69, 9.17) is 4.74 Å². The van der Waals surface area contributed by atoms with Gasteiger partial charge >= 0.3 is 0 Å². The SMILES string of the molecule is CCn1ccnc1CN(C)C(=O)CC1C(=O)NCCN1Cc1ccccc1OC. The number of piperazine rings is 1. The van der Waals surface area contributed by atoms with Gasteiger partial charge in [-0.05, 0) is 13.0 Å². The zero-order chi connectivity index (χ0) is 20.8. The minimum atomic E-state index is -0.505. The number of nitrogens with one attached hydrogen (secondary N) is 1. The van der Waals surface area contributed by atoms with Crippen LogP contribution in [0.15, 0.2) is 36.7 Å². The summed E-state index contributed by atoms with van der Waals surface area (Å²) in [5.74, 6) is 1.43. The number of carbonyl (C=O) groups excluding carboxylic acids is 2. The number of aryl methyl sites for hydroxylation is 1. The lowest BCUT2D eigenvalue weighted by atomic mass is 10.1. The number of nitrogens with zero attached hydrogens (tertiary/aromatic N) is 4. The smallest absolute Gasteiger partial charge is 0.237 e. The Bertz CT molecular complexity index is 850. The summed E-state index contributed by atoms with van der Waals surface area (Å²) in [6.45, 7) is 5.07. The number of benzene rings is 1. The molecule has 156 valence electrons. The summed E-state index contributed by atoms with van der Waals surface area (Å²) in [5.41, 5.74) is 1.00. The molecular weight excluding hydrogens is 370 g/mol. The van der Waals surface area contributed by atoms with Crippen LogP contribution in [0.5, 0.6) is 5.75 Å². The van der Waals surface area contributed by atoms with Crippen molar-refractivity contribution in [2.24, 2.45) is 0 Å². The monoisotopic (exact) mass is 399 g/mol. The Hall–Kier alpha value is -2.87. The summed E-state index contributed by atoms with van der Waals surface area (Å²) in [4.78, 5) is 33.4. The fraction of sp³-hybridized carbons (Fsp3) is 0.476. The van der Waals surface area contributed by atoms with E-state index < -0.39 is 6.04 Å². The lowest BCUT2D eigenvalue weighted by Crippen LogP contribution is -2.56. The predicted octanol–water partition coefficient (Wildman–Crippen LogP) is 1.26. The van der Waals surface area contributed by atoms with Gasteiger partial charge < -0.3 is 19.5 Å². The summed E-state index contributed by atoms with van der Waals surface area (Å²) in [5, 5.41) is 2.89. The Labute approximate surface area is 171 Å². The molecule has 1 saturated heterocycles. The van der Waals surface area contributed by atoms with E-state index in [1.807, 2.05) is 42.0 Å². The molecule has 1 aromatic carbocycles. The highest BCUT2D eigenvalue weighted by atomic mass is 16.5. The van der Waals surface area contributed by atoms with E-state index in [0.29, 0.717) is 26.2 Å². The number of carbonyl (C=O) groups is 2. The van der Waals surface area contributed by atoms with Crippen LogP contribution in [-0.2, 0) is 29.2 Å². The van der Waals surface area contributed by atoms with Gasteiger partial charge in [-0.2, -0.15) is 0 Å². The van der Waals surface area contributed by atoms with Crippen LogP contribution in [0.3, 0.4) is 0 Å². The van der Waals surface area contributed by atoms with Crippen LogP contribution >= 0.6 is 0 Å². The van der Waals surface area contributed by atoms with Crippen molar-refractivity contribution in [3.8, 4) is 5.75 Å². The number of methoxy groups -OCH3 is 1. The number of rotatable bonds is 8. The Balaban J connectivity index is 1.68. The van der Waals surface area contributed by atoms with Crippen LogP contribution in [0.2, 0.25) is 0 Å². The Morgan fingerprint density at radius 2 is 2.17 bits per heavy atom. The molecule has 2 aromatic rings. The molecule has 3 rings (SSSR count). The molecule has 0 aliphatic carbocycles. The first-order valence-electron chi connectivity index (χ1n) is 9.91. The minimum Gasteiger partial charge on any atom is -0.496 e. The van der Waals surface area contributed by atoms with Gasteiger partial charge in [-0.15, -0.1) is 0 Å². The van der Waals surface area contributed by atoms with Gasteiger partial charge in [-0.1, -0.05) is 18.2 Å². The van der Waals surface area contributed by atoms with Gasteiger partial charge in [0.15, 0.2) is 0 Å². The third-order valence-electron chi connectivity index (χ3n) is 5.32. The average Bonchev–Trinajstić information content (AvgIpc) is 3.17. The van der Waals surface area contributed by atoms with Crippen molar-refractivity contribution < 1.29 is 14.3 Å². The zero-order valence-corrected chi connectivity index (χ0v) is 17.3. The Morgan fingerprint density at radius 3 is 2.93 bits per heavy atom. The third kappa shape index (κ3) is 4.95. The van der Waals surface area contributed by atoms with Gasteiger partial charge in [0, 0.05) is 51.2 Å². The van der Waals surface area contributed by atoms with Crippen molar-refractivity contribution in [1.29, 1.82) is 0 Å². The molecule has 8 heteroatoms. The minimum absolute atomic E-state index is 0.0808. The van der Waals surface area contributed by atoms with Crippen molar-refractivity contribution >= 4 is 11.8 Å². The zero-order valence-electron chi connectivity index (χ0n) is 17.3. The van der Waals surface area contributed by atoms with Crippen LogP contribution in [0.4, 0.5) is 0 Å². The molecule has 1 aromatic heterocycles. The molecular formula is C21H29N5O3. The maximum atomic E-state index is 12.9. The normalized spacial score (nSPS) is 17.1. The van der Waals surface area contributed by atoms with Crippen molar-refractivity contribution in [3.63, 3.8) is 0 Å². The first-order valence-corrected chi connectivity index (χ1v) is 9.91. The quantitative estimate of drug-likeness (QED) is 0.723.